The second-order valence-electron chi connectivity index (χ2n) is 3.85. The Morgan fingerprint density at radius 3 is 2.45 bits per heavy atom. The maximum Gasteiger partial charge on any atom is 0.348 e. The van der Waals surface area contributed by atoms with Gasteiger partial charge in [0.2, 0.25) is 8.38 Å². The van der Waals surface area contributed by atoms with Crippen molar-refractivity contribution in [3.63, 3.8) is 0 Å². The number of aldehydes is 1. The van der Waals surface area contributed by atoms with Crippen LogP contribution in [0, 0.1) is 0 Å². The molecule has 0 aliphatic heterocycles. The smallest absolute Gasteiger partial charge is 0.346 e. The van der Waals surface area contributed by atoms with E-state index in [-0.39, 0.29) is 15.6 Å². The van der Waals surface area contributed by atoms with E-state index in [1.165, 1.54) is 12.1 Å². The largest absolute Gasteiger partial charge is 0.348 e. The SMILES string of the molecule is O=Cc1ccc2sc(C(F)(F)P(O)O)c(C(F)F)c2c1. The van der Waals surface area contributed by atoms with Gasteiger partial charge in [-0.1, -0.05) is 6.07 Å². The monoisotopic (exact) mass is 326 g/mol. The van der Waals surface area contributed by atoms with Crippen molar-refractivity contribution in [3.05, 3.63) is 34.2 Å². The fourth-order valence-electron chi connectivity index (χ4n) is 1.74. The fourth-order valence-corrected chi connectivity index (χ4v) is 3.49. The quantitative estimate of drug-likeness (QED) is 0.507. The van der Waals surface area contributed by atoms with Crippen LogP contribution in [-0.4, -0.2) is 16.1 Å². The molecule has 0 fully saturated rings. The Hall–Kier alpha value is -1.08. The molecule has 2 N–H and O–H groups in total. The van der Waals surface area contributed by atoms with Crippen molar-refractivity contribution in [1.29, 1.82) is 0 Å². The number of alkyl halides is 4. The van der Waals surface area contributed by atoms with E-state index < -0.39 is 30.9 Å². The van der Waals surface area contributed by atoms with Gasteiger partial charge in [-0.15, -0.1) is 11.3 Å². The topological polar surface area (TPSA) is 57.5 Å². The molecular formula is C11H7F4O3PS. The molecule has 0 bridgehead atoms. The van der Waals surface area contributed by atoms with Crippen LogP contribution in [0.2, 0.25) is 0 Å². The third kappa shape index (κ3) is 2.44. The molecule has 108 valence electrons. The molecule has 1 aromatic carbocycles. The minimum Gasteiger partial charge on any atom is -0.346 e. The molecule has 0 amide bonds. The molecule has 0 saturated carbocycles. The van der Waals surface area contributed by atoms with Gasteiger partial charge in [0.15, 0.2) is 0 Å². The van der Waals surface area contributed by atoms with Crippen LogP contribution in [0.1, 0.15) is 27.2 Å². The van der Waals surface area contributed by atoms with Crippen molar-refractivity contribution in [2.45, 2.75) is 12.1 Å². The first-order valence-corrected chi connectivity index (χ1v) is 7.21. The number of rotatable bonds is 4. The lowest BCUT2D eigenvalue weighted by atomic mass is 10.1. The van der Waals surface area contributed by atoms with Crippen molar-refractivity contribution in [3.8, 4) is 0 Å². The number of benzene rings is 1. The Labute approximate surface area is 115 Å². The summed E-state index contributed by atoms with van der Waals surface area (Å²) in [5, 5.41) is -0.180. The molecule has 0 saturated heterocycles. The predicted molar refractivity (Wildman–Crippen MR) is 67.4 cm³/mol. The summed E-state index contributed by atoms with van der Waals surface area (Å²) >= 11 is 0.357. The summed E-state index contributed by atoms with van der Waals surface area (Å²) in [6, 6.07) is 3.66. The highest BCUT2D eigenvalue weighted by Gasteiger charge is 2.46. The molecule has 2 aromatic rings. The Kier molecular flexibility index (Phi) is 4.11. The third-order valence-corrected chi connectivity index (χ3v) is 4.76. The highest BCUT2D eigenvalue weighted by Crippen LogP contribution is 2.57. The van der Waals surface area contributed by atoms with Crippen molar-refractivity contribution >= 4 is 36.1 Å². The fraction of sp³-hybridized carbons (Fsp3) is 0.182. The van der Waals surface area contributed by atoms with Gasteiger partial charge < -0.3 is 9.79 Å². The Bertz CT molecular complexity index is 656. The van der Waals surface area contributed by atoms with Crippen LogP contribution in [-0.2, 0) is 5.66 Å². The summed E-state index contributed by atoms with van der Waals surface area (Å²) in [4.78, 5) is 27.0. The molecule has 0 spiro atoms. The van der Waals surface area contributed by atoms with Crippen LogP contribution in [0.4, 0.5) is 17.6 Å². The van der Waals surface area contributed by atoms with Gasteiger partial charge in [0, 0.05) is 21.2 Å². The zero-order valence-electron chi connectivity index (χ0n) is 9.56. The standard InChI is InChI=1S/C11H7F4O3PS/c12-10(13)8-6-3-5(4-16)1-2-7(6)20-9(8)11(14,15)19(17)18/h1-4,10,17-18H. The van der Waals surface area contributed by atoms with E-state index in [1.807, 2.05) is 0 Å². The first-order chi connectivity index (χ1) is 9.28. The van der Waals surface area contributed by atoms with Crippen LogP contribution < -0.4 is 0 Å². The van der Waals surface area contributed by atoms with E-state index in [2.05, 4.69) is 0 Å². The molecule has 9 heteroatoms. The van der Waals surface area contributed by atoms with Crippen LogP contribution >= 0.6 is 19.7 Å². The molecule has 2 rings (SSSR count). The summed E-state index contributed by atoms with van der Waals surface area (Å²) in [5.41, 5.74) is -5.04. The van der Waals surface area contributed by atoms with Crippen molar-refractivity contribution in [2.24, 2.45) is 0 Å². The minimum absolute atomic E-state index is 0.0716. The van der Waals surface area contributed by atoms with Gasteiger partial charge >= 0.3 is 5.66 Å². The first kappa shape index (κ1) is 15.3. The lowest BCUT2D eigenvalue weighted by Crippen LogP contribution is -2.11. The maximum absolute atomic E-state index is 13.7. The second-order valence-corrected chi connectivity index (χ2v) is 6.04. The van der Waals surface area contributed by atoms with E-state index in [0.29, 0.717) is 17.6 Å². The Morgan fingerprint density at radius 1 is 1.30 bits per heavy atom. The summed E-state index contributed by atoms with van der Waals surface area (Å²) in [6.07, 6.45) is -2.81. The van der Waals surface area contributed by atoms with Gasteiger partial charge in [0.1, 0.15) is 6.29 Å². The molecule has 3 nitrogen and oxygen atoms in total. The lowest BCUT2D eigenvalue weighted by Gasteiger charge is -2.17. The molecule has 0 radical (unpaired) electrons. The van der Waals surface area contributed by atoms with Gasteiger partial charge in [-0.25, -0.2) is 8.78 Å². The van der Waals surface area contributed by atoms with Gasteiger partial charge in [0.05, 0.1) is 4.88 Å². The number of hydrogen-bond donors (Lipinski definition) is 2. The molecular weight excluding hydrogens is 319 g/mol. The predicted octanol–water partition coefficient (Wildman–Crippen LogP) is 4.00. The first-order valence-electron chi connectivity index (χ1n) is 5.15. The summed E-state index contributed by atoms with van der Waals surface area (Å²) in [5.74, 6) is 0. The number of carbonyl (C=O) groups is 1. The maximum atomic E-state index is 13.7. The summed E-state index contributed by atoms with van der Waals surface area (Å²) in [6.45, 7) is 0. The highest BCUT2D eigenvalue weighted by atomic mass is 32.1. The number of hydrogen-bond acceptors (Lipinski definition) is 4. The van der Waals surface area contributed by atoms with Crippen molar-refractivity contribution in [1.82, 2.24) is 0 Å². The Morgan fingerprint density at radius 2 is 1.95 bits per heavy atom. The molecule has 0 aliphatic carbocycles. The number of halogens is 4. The van der Waals surface area contributed by atoms with Gasteiger partial charge in [-0.2, -0.15) is 8.78 Å². The minimum atomic E-state index is -4.15. The molecule has 1 aromatic heterocycles. The van der Waals surface area contributed by atoms with Gasteiger partial charge in [0.25, 0.3) is 6.43 Å². The zero-order valence-corrected chi connectivity index (χ0v) is 11.3. The number of fused-ring (bicyclic) bond motifs is 1. The van der Waals surface area contributed by atoms with E-state index in [1.54, 1.807) is 0 Å². The molecule has 0 atom stereocenters. The van der Waals surface area contributed by atoms with Crippen molar-refractivity contribution in [2.75, 3.05) is 0 Å². The molecule has 0 unspecified atom stereocenters. The van der Waals surface area contributed by atoms with E-state index >= 15 is 0 Å². The second kappa shape index (κ2) is 5.37. The van der Waals surface area contributed by atoms with E-state index in [9.17, 15) is 22.4 Å². The lowest BCUT2D eigenvalue weighted by molar-refractivity contribution is 0.0700. The van der Waals surface area contributed by atoms with Crippen molar-refractivity contribution < 1.29 is 32.1 Å². The van der Waals surface area contributed by atoms with Gasteiger partial charge in [-0.05, 0) is 12.1 Å². The summed E-state index contributed by atoms with van der Waals surface area (Å²) < 4.78 is 53.5. The normalized spacial score (nSPS) is 12.6. The molecule has 20 heavy (non-hydrogen) atoms. The van der Waals surface area contributed by atoms with Crippen LogP contribution in [0.15, 0.2) is 18.2 Å². The number of carbonyl (C=O) groups excluding carboxylic acids is 1. The van der Waals surface area contributed by atoms with Crippen LogP contribution in [0.3, 0.4) is 0 Å². The average molecular weight is 326 g/mol. The van der Waals surface area contributed by atoms with E-state index in [4.69, 9.17) is 9.79 Å². The third-order valence-electron chi connectivity index (χ3n) is 2.63. The summed E-state index contributed by atoms with van der Waals surface area (Å²) in [7, 11) is -3.73. The highest BCUT2D eigenvalue weighted by molar-refractivity contribution is 7.46. The van der Waals surface area contributed by atoms with Gasteiger partial charge in [-0.3, -0.25) is 4.79 Å². The van der Waals surface area contributed by atoms with Crippen LogP contribution in [0.5, 0.6) is 0 Å². The molecule has 0 aliphatic rings. The molecule has 1 heterocycles. The number of thiophene rings is 1. The Balaban J connectivity index is 2.78. The average Bonchev–Trinajstić information content (AvgIpc) is 2.77. The van der Waals surface area contributed by atoms with E-state index in [0.717, 1.165) is 6.07 Å². The zero-order chi connectivity index (χ0) is 15.1. The van der Waals surface area contributed by atoms with Crippen LogP contribution in [0.25, 0.3) is 10.1 Å².